The monoisotopic (exact) mass is 681 g/mol. The highest BCUT2D eigenvalue weighted by Crippen LogP contribution is 2.42. The Morgan fingerprint density at radius 3 is 2.20 bits per heavy atom. The fraction of sp³-hybridized carbons (Fsp3) is 0.111. The molecule has 248 valence electrons. The SMILES string of the molecule is COc1ccc([C@@H]2C3=C(N=c4s/c(=C/c5cc(-c6ccccc6)n(-c6ccc(C)cc6)c5-c5ccccc5)c(=O)n42)c2ccccc2CC3)cc1. The van der Waals surface area contributed by atoms with Gasteiger partial charge in [0.1, 0.15) is 5.75 Å². The van der Waals surface area contributed by atoms with E-state index in [2.05, 4.69) is 133 Å². The van der Waals surface area contributed by atoms with Crippen molar-refractivity contribution in [1.29, 1.82) is 0 Å². The van der Waals surface area contributed by atoms with E-state index in [0.29, 0.717) is 9.33 Å². The molecule has 6 heteroatoms. The highest BCUT2D eigenvalue weighted by molar-refractivity contribution is 7.07. The molecule has 0 N–H and O–H groups in total. The number of nitrogens with zero attached hydrogens (tertiary/aromatic N) is 3. The third-order valence-corrected chi connectivity index (χ3v) is 11.0. The molecular formula is C45H35N3O2S. The second-order valence-electron chi connectivity index (χ2n) is 13.1. The Labute approximate surface area is 300 Å². The van der Waals surface area contributed by atoms with Gasteiger partial charge in [-0.25, -0.2) is 4.99 Å². The lowest BCUT2D eigenvalue weighted by molar-refractivity contribution is 0.414. The van der Waals surface area contributed by atoms with Crippen molar-refractivity contribution in [3.05, 3.63) is 193 Å². The first kappa shape index (κ1) is 31.0. The summed E-state index contributed by atoms with van der Waals surface area (Å²) < 4.78 is 10.4. The van der Waals surface area contributed by atoms with Gasteiger partial charge in [-0.1, -0.05) is 126 Å². The van der Waals surface area contributed by atoms with Gasteiger partial charge in [0.15, 0.2) is 4.80 Å². The molecule has 5 nitrogen and oxygen atoms in total. The van der Waals surface area contributed by atoms with Gasteiger partial charge in [-0.2, -0.15) is 0 Å². The van der Waals surface area contributed by atoms with Crippen LogP contribution in [0.5, 0.6) is 5.75 Å². The summed E-state index contributed by atoms with van der Waals surface area (Å²) in [7, 11) is 1.68. The summed E-state index contributed by atoms with van der Waals surface area (Å²) in [5.41, 5.74) is 13.1. The van der Waals surface area contributed by atoms with E-state index in [1.165, 1.54) is 28.0 Å². The summed E-state index contributed by atoms with van der Waals surface area (Å²) in [5.74, 6) is 0.787. The molecule has 51 heavy (non-hydrogen) atoms. The van der Waals surface area contributed by atoms with E-state index in [1.807, 2.05) is 28.8 Å². The molecule has 9 rings (SSSR count). The maximum Gasteiger partial charge on any atom is 0.271 e. The Hall–Kier alpha value is -5.98. The van der Waals surface area contributed by atoms with E-state index in [0.717, 1.165) is 69.2 Å². The van der Waals surface area contributed by atoms with Gasteiger partial charge in [-0.15, -0.1) is 0 Å². The minimum atomic E-state index is -0.261. The molecule has 5 aromatic carbocycles. The number of rotatable bonds is 6. The van der Waals surface area contributed by atoms with Gasteiger partial charge in [-0.05, 0) is 84.0 Å². The number of benzene rings is 5. The van der Waals surface area contributed by atoms with Crippen molar-refractivity contribution in [3.8, 4) is 34.0 Å². The second-order valence-corrected chi connectivity index (χ2v) is 14.1. The van der Waals surface area contributed by atoms with E-state index in [9.17, 15) is 4.79 Å². The lowest BCUT2D eigenvalue weighted by Crippen LogP contribution is -2.38. The zero-order valence-electron chi connectivity index (χ0n) is 28.4. The molecule has 0 bridgehead atoms. The molecule has 1 atom stereocenters. The molecule has 2 aromatic heterocycles. The normalized spacial score (nSPS) is 15.2. The zero-order chi connectivity index (χ0) is 34.5. The van der Waals surface area contributed by atoms with E-state index < -0.39 is 0 Å². The molecule has 0 radical (unpaired) electrons. The van der Waals surface area contributed by atoms with Crippen molar-refractivity contribution >= 4 is 23.1 Å². The first-order valence-electron chi connectivity index (χ1n) is 17.3. The fourth-order valence-electron chi connectivity index (χ4n) is 7.56. The molecule has 0 saturated carbocycles. The Balaban J connectivity index is 1.31. The smallest absolute Gasteiger partial charge is 0.271 e. The van der Waals surface area contributed by atoms with Crippen molar-refractivity contribution < 1.29 is 4.74 Å². The largest absolute Gasteiger partial charge is 0.497 e. The summed E-state index contributed by atoms with van der Waals surface area (Å²) in [6, 6.07) is 48.2. The molecule has 0 spiro atoms. The number of fused-ring (bicyclic) bond motifs is 3. The van der Waals surface area contributed by atoms with Gasteiger partial charge in [0.25, 0.3) is 5.56 Å². The number of aromatic nitrogens is 2. The van der Waals surface area contributed by atoms with E-state index in [4.69, 9.17) is 9.73 Å². The van der Waals surface area contributed by atoms with Crippen LogP contribution in [-0.4, -0.2) is 16.2 Å². The van der Waals surface area contributed by atoms with Crippen LogP contribution in [0.4, 0.5) is 0 Å². The molecule has 7 aromatic rings. The molecule has 0 unspecified atom stereocenters. The van der Waals surface area contributed by atoms with Crippen LogP contribution in [0.3, 0.4) is 0 Å². The van der Waals surface area contributed by atoms with Crippen molar-refractivity contribution in [2.75, 3.05) is 7.11 Å². The number of ether oxygens (including phenoxy) is 1. The predicted octanol–water partition coefficient (Wildman–Crippen LogP) is 8.76. The average molecular weight is 682 g/mol. The van der Waals surface area contributed by atoms with Crippen LogP contribution in [-0.2, 0) is 6.42 Å². The topological polar surface area (TPSA) is 48.5 Å². The first-order valence-corrected chi connectivity index (χ1v) is 18.1. The minimum absolute atomic E-state index is 0.0339. The Morgan fingerprint density at radius 2 is 1.47 bits per heavy atom. The lowest BCUT2D eigenvalue weighted by Gasteiger charge is -2.30. The first-order chi connectivity index (χ1) is 25.1. The summed E-state index contributed by atoms with van der Waals surface area (Å²) >= 11 is 1.47. The maximum atomic E-state index is 14.8. The van der Waals surface area contributed by atoms with Crippen LogP contribution in [0, 0.1) is 6.92 Å². The number of allylic oxidation sites excluding steroid dienone is 1. The van der Waals surface area contributed by atoms with E-state index in [1.54, 1.807) is 7.11 Å². The molecule has 0 amide bonds. The van der Waals surface area contributed by atoms with Crippen LogP contribution in [0.2, 0.25) is 0 Å². The van der Waals surface area contributed by atoms with Crippen molar-refractivity contribution in [2.45, 2.75) is 25.8 Å². The lowest BCUT2D eigenvalue weighted by atomic mass is 9.83. The maximum absolute atomic E-state index is 14.8. The number of hydrogen-bond acceptors (Lipinski definition) is 4. The highest BCUT2D eigenvalue weighted by Gasteiger charge is 2.32. The Morgan fingerprint density at radius 1 is 0.784 bits per heavy atom. The quantitative estimate of drug-likeness (QED) is 0.176. The molecule has 2 aliphatic rings. The van der Waals surface area contributed by atoms with Crippen molar-refractivity contribution in [2.24, 2.45) is 4.99 Å². The van der Waals surface area contributed by atoms with Gasteiger partial charge in [0, 0.05) is 16.8 Å². The van der Waals surface area contributed by atoms with Gasteiger partial charge in [0.05, 0.1) is 34.8 Å². The third kappa shape index (κ3) is 5.40. The van der Waals surface area contributed by atoms with Crippen LogP contribution >= 0.6 is 11.3 Å². The van der Waals surface area contributed by atoms with Crippen LogP contribution in [0.25, 0.3) is 40.0 Å². The number of hydrogen-bond donors (Lipinski definition) is 0. The molecule has 0 fully saturated rings. The number of methoxy groups -OCH3 is 1. The second kappa shape index (κ2) is 12.7. The molecule has 3 heterocycles. The predicted molar refractivity (Wildman–Crippen MR) is 207 cm³/mol. The minimum Gasteiger partial charge on any atom is -0.497 e. The van der Waals surface area contributed by atoms with Crippen LogP contribution in [0.15, 0.2) is 155 Å². The van der Waals surface area contributed by atoms with Gasteiger partial charge in [-0.3, -0.25) is 9.36 Å². The summed E-state index contributed by atoms with van der Waals surface area (Å²) in [6.45, 7) is 2.11. The van der Waals surface area contributed by atoms with Gasteiger partial charge >= 0.3 is 0 Å². The molecule has 1 aliphatic heterocycles. The average Bonchev–Trinajstić information content (AvgIpc) is 3.71. The van der Waals surface area contributed by atoms with Crippen LogP contribution in [0.1, 0.15) is 40.3 Å². The van der Waals surface area contributed by atoms with Gasteiger partial charge in [0.2, 0.25) is 0 Å². The van der Waals surface area contributed by atoms with Gasteiger partial charge < -0.3 is 9.30 Å². The van der Waals surface area contributed by atoms with E-state index >= 15 is 0 Å². The fourth-order valence-corrected chi connectivity index (χ4v) is 8.56. The summed E-state index contributed by atoms with van der Waals surface area (Å²) in [4.78, 5) is 20.8. The van der Waals surface area contributed by atoms with Crippen molar-refractivity contribution in [1.82, 2.24) is 9.13 Å². The third-order valence-electron chi connectivity index (χ3n) is 10.0. The molecule has 0 saturated heterocycles. The zero-order valence-corrected chi connectivity index (χ0v) is 29.2. The van der Waals surface area contributed by atoms with E-state index in [-0.39, 0.29) is 11.6 Å². The highest BCUT2D eigenvalue weighted by atomic mass is 32.1. The number of thiazole rings is 1. The van der Waals surface area contributed by atoms with Crippen LogP contribution < -0.4 is 19.6 Å². The summed E-state index contributed by atoms with van der Waals surface area (Å²) in [5, 5.41) is 0. The Kier molecular flexibility index (Phi) is 7.74. The summed E-state index contributed by atoms with van der Waals surface area (Å²) in [6.07, 6.45) is 3.83. The number of aryl methyl sites for hydroxylation is 2. The molecule has 1 aliphatic carbocycles. The molecular weight excluding hydrogens is 647 g/mol. The standard InChI is InChI=1S/C45H35N3O2S/c1-29-17-22-35(23-18-29)47-39(31-12-5-3-6-13-31)27-34(42(47)32-14-7-4-8-15-32)28-40-44(49)48-43(33-19-24-36(50-2)25-20-33)38-26-21-30-11-9-10-16-37(30)41(38)46-45(48)51-40/h3-20,22-25,27-28,43H,21,26H2,1-2H3/b40-28+/t43-/m1/s1. The van der Waals surface area contributed by atoms with Crippen molar-refractivity contribution in [3.63, 3.8) is 0 Å². The Bertz CT molecular complexity index is 2630.